The molecule has 0 radical (unpaired) electrons. The zero-order valence-corrected chi connectivity index (χ0v) is 46.0. The van der Waals surface area contributed by atoms with E-state index >= 15 is 0 Å². The highest BCUT2D eigenvalue weighted by Crippen LogP contribution is 2.38. The third-order valence-electron chi connectivity index (χ3n) is 13.1. The van der Waals surface area contributed by atoms with Crippen molar-refractivity contribution in [2.45, 2.75) is 289 Å². The van der Waals surface area contributed by atoms with E-state index in [1.54, 1.807) is 6.08 Å². The molecule has 67 heavy (non-hydrogen) atoms. The number of aliphatic hydroxyl groups is 1. The Bertz CT molecular complexity index is 1190. The fourth-order valence-corrected chi connectivity index (χ4v) is 9.24. The number of hydrogen-bond acceptors (Lipinski definition) is 6. The van der Waals surface area contributed by atoms with E-state index in [1.807, 2.05) is 27.2 Å². The number of hydrogen-bond donors (Lipinski definition) is 2. The first-order chi connectivity index (χ1) is 32.5. The summed E-state index contributed by atoms with van der Waals surface area (Å²) in [6.07, 6.45) is 63.9. The van der Waals surface area contributed by atoms with Crippen LogP contribution in [0.5, 0.6) is 0 Å². The molecular formula is C58H113N2O6P. The molecule has 0 bridgehead atoms. The second-order valence-electron chi connectivity index (χ2n) is 21.0. The third kappa shape index (κ3) is 52.4. The van der Waals surface area contributed by atoms with Crippen LogP contribution in [0.1, 0.15) is 277 Å². The summed E-state index contributed by atoms with van der Waals surface area (Å²) in [6.45, 7) is 4.64. The monoisotopic (exact) mass is 965 g/mol. The minimum atomic E-state index is -4.60. The number of likely N-dealkylation sites (N-methyl/N-ethyl adjacent to an activating group) is 1. The Balaban J connectivity index is 4.03. The molecule has 0 aliphatic carbocycles. The molecule has 0 spiro atoms. The number of quaternary nitrogens is 1. The molecule has 396 valence electrons. The van der Waals surface area contributed by atoms with Gasteiger partial charge in [-0.2, -0.15) is 0 Å². The summed E-state index contributed by atoms with van der Waals surface area (Å²) in [4.78, 5) is 25.4. The molecule has 0 rings (SSSR count). The molecule has 9 heteroatoms. The van der Waals surface area contributed by atoms with Crippen molar-refractivity contribution in [2.75, 3.05) is 40.9 Å². The lowest BCUT2D eigenvalue weighted by molar-refractivity contribution is -0.870. The first kappa shape index (κ1) is 65.7. The van der Waals surface area contributed by atoms with Crippen molar-refractivity contribution in [1.29, 1.82) is 0 Å². The van der Waals surface area contributed by atoms with E-state index in [0.29, 0.717) is 17.4 Å². The number of nitrogens with zero attached hydrogens (tertiary/aromatic N) is 1. The lowest BCUT2D eigenvalue weighted by atomic mass is 10.0. The van der Waals surface area contributed by atoms with E-state index in [0.717, 1.165) is 38.5 Å². The van der Waals surface area contributed by atoms with Crippen LogP contribution in [0.4, 0.5) is 0 Å². The van der Waals surface area contributed by atoms with Gasteiger partial charge in [0.15, 0.2) is 0 Å². The number of amides is 1. The summed E-state index contributed by atoms with van der Waals surface area (Å²) < 4.78 is 23.3. The van der Waals surface area contributed by atoms with Crippen molar-refractivity contribution in [3.05, 3.63) is 36.5 Å². The topological polar surface area (TPSA) is 108 Å². The van der Waals surface area contributed by atoms with Gasteiger partial charge in [0.2, 0.25) is 5.91 Å². The highest BCUT2D eigenvalue weighted by molar-refractivity contribution is 7.45. The summed E-state index contributed by atoms with van der Waals surface area (Å²) in [6, 6.07) is -0.901. The second kappa shape index (κ2) is 49.7. The quantitative estimate of drug-likeness (QED) is 0.0272. The number of phosphoric acid groups is 1. The molecule has 0 aromatic heterocycles. The fourth-order valence-electron chi connectivity index (χ4n) is 8.52. The maximum absolute atomic E-state index is 12.9. The second-order valence-corrected chi connectivity index (χ2v) is 22.4. The molecule has 0 saturated carbocycles. The number of carbonyl (C=O) groups excluding carboxylic acids is 1. The average Bonchev–Trinajstić information content (AvgIpc) is 3.29. The van der Waals surface area contributed by atoms with Crippen LogP contribution in [0.15, 0.2) is 36.5 Å². The minimum absolute atomic E-state index is 0.00534. The van der Waals surface area contributed by atoms with Gasteiger partial charge in [0.05, 0.1) is 39.9 Å². The van der Waals surface area contributed by atoms with E-state index in [-0.39, 0.29) is 12.5 Å². The molecule has 3 atom stereocenters. The van der Waals surface area contributed by atoms with Crippen molar-refractivity contribution in [3.8, 4) is 0 Å². The van der Waals surface area contributed by atoms with Gasteiger partial charge in [-0.15, -0.1) is 0 Å². The van der Waals surface area contributed by atoms with E-state index < -0.39 is 26.6 Å². The van der Waals surface area contributed by atoms with Gasteiger partial charge in [0.25, 0.3) is 7.82 Å². The predicted octanol–water partition coefficient (Wildman–Crippen LogP) is 16.7. The average molecular weight is 966 g/mol. The summed E-state index contributed by atoms with van der Waals surface area (Å²) in [5, 5.41) is 13.8. The first-order valence-electron chi connectivity index (χ1n) is 28.9. The van der Waals surface area contributed by atoms with Crippen LogP contribution < -0.4 is 10.2 Å². The van der Waals surface area contributed by atoms with Crippen LogP contribution in [-0.4, -0.2) is 68.5 Å². The Kier molecular flexibility index (Phi) is 48.7. The standard InChI is InChI=1S/C58H113N2O6P/c1-6-8-10-12-14-16-18-20-21-22-23-24-25-26-27-28-29-30-31-32-33-34-35-36-37-38-40-42-44-46-48-50-52-58(62)59-56(55-66-67(63,64)65-54-53-60(3,4)5)57(61)51-49-47-45-43-41-39-19-17-15-13-11-9-7-2/h26-27,41,43,49,51,56-57,61H,6-25,28-40,42,44-48,50,52-55H2,1-5H3,(H-,59,62,63,64)/b27-26-,43-41+,51-49+. The Morgan fingerprint density at radius 1 is 0.507 bits per heavy atom. The molecule has 3 unspecified atom stereocenters. The third-order valence-corrected chi connectivity index (χ3v) is 14.0. The highest BCUT2D eigenvalue weighted by atomic mass is 31.2. The Morgan fingerprint density at radius 3 is 1.21 bits per heavy atom. The van der Waals surface area contributed by atoms with Gasteiger partial charge in [0.1, 0.15) is 13.2 Å². The van der Waals surface area contributed by atoms with Crippen molar-refractivity contribution in [2.24, 2.45) is 0 Å². The predicted molar refractivity (Wildman–Crippen MR) is 288 cm³/mol. The van der Waals surface area contributed by atoms with Crippen LogP contribution in [0.25, 0.3) is 0 Å². The number of aliphatic hydroxyl groups excluding tert-OH is 1. The summed E-state index contributed by atoms with van der Waals surface area (Å²) in [7, 11) is 1.25. The number of allylic oxidation sites excluding steroid dienone is 5. The van der Waals surface area contributed by atoms with Gasteiger partial charge in [-0.1, -0.05) is 249 Å². The number of nitrogens with one attached hydrogen (secondary N) is 1. The molecule has 8 nitrogen and oxygen atoms in total. The minimum Gasteiger partial charge on any atom is -0.756 e. The number of phosphoric ester groups is 1. The maximum atomic E-state index is 12.9. The number of rotatable bonds is 53. The lowest BCUT2D eigenvalue weighted by Crippen LogP contribution is -2.45. The van der Waals surface area contributed by atoms with Gasteiger partial charge in [0, 0.05) is 6.42 Å². The van der Waals surface area contributed by atoms with E-state index in [1.165, 1.54) is 218 Å². The fraction of sp³-hybridized carbons (Fsp3) is 0.879. The normalized spacial score (nSPS) is 14.2. The van der Waals surface area contributed by atoms with Gasteiger partial charge in [-0.25, -0.2) is 0 Å². The van der Waals surface area contributed by atoms with E-state index in [9.17, 15) is 19.4 Å². The molecule has 0 aliphatic heterocycles. The van der Waals surface area contributed by atoms with Crippen LogP contribution in [-0.2, 0) is 18.4 Å². The molecule has 0 saturated heterocycles. The molecule has 0 heterocycles. The molecule has 1 amide bonds. The number of carbonyl (C=O) groups is 1. The zero-order chi connectivity index (χ0) is 49.2. The van der Waals surface area contributed by atoms with Crippen molar-refractivity contribution >= 4 is 13.7 Å². The highest BCUT2D eigenvalue weighted by Gasteiger charge is 2.23. The van der Waals surface area contributed by atoms with Gasteiger partial charge >= 0.3 is 0 Å². The number of unbranched alkanes of at least 4 members (excludes halogenated alkanes) is 36. The SMILES string of the molecule is CCCCCCCCC/C=C/CC/C=C/C(O)C(COP(=O)([O-])OCC[N+](C)(C)C)NC(=O)CCCCCCCCCCCCCCCCCC/C=C\CCCCCCCCCCCCCC. The Morgan fingerprint density at radius 2 is 0.836 bits per heavy atom. The summed E-state index contributed by atoms with van der Waals surface area (Å²) >= 11 is 0. The summed E-state index contributed by atoms with van der Waals surface area (Å²) in [5.74, 6) is -0.205. The van der Waals surface area contributed by atoms with Gasteiger partial charge in [-0.3, -0.25) is 9.36 Å². The van der Waals surface area contributed by atoms with Gasteiger partial charge in [-0.05, 0) is 57.8 Å². The zero-order valence-electron chi connectivity index (χ0n) is 45.1. The van der Waals surface area contributed by atoms with Crippen LogP contribution in [0.2, 0.25) is 0 Å². The van der Waals surface area contributed by atoms with Crippen molar-refractivity contribution < 1.29 is 32.9 Å². The largest absolute Gasteiger partial charge is 0.756 e. The van der Waals surface area contributed by atoms with E-state index in [4.69, 9.17) is 9.05 Å². The van der Waals surface area contributed by atoms with Crippen molar-refractivity contribution in [3.63, 3.8) is 0 Å². The molecule has 0 fully saturated rings. The molecular weight excluding hydrogens is 852 g/mol. The molecule has 2 N–H and O–H groups in total. The maximum Gasteiger partial charge on any atom is 0.268 e. The van der Waals surface area contributed by atoms with E-state index in [2.05, 4.69) is 43.5 Å². The molecule has 0 aromatic rings. The summed E-state index contributed by atoms with van der Waals surface area (Å²) in [5.41, 5.74) is 0. The molecule has 0 aliphatic rings. The van der Waals surface area contributed by atoms with Crippen molar-refractivity contribution in [1.82, 2.24) is 5.32 Å². The van der Waals surface area contributed by atoms with Gasteiger partial charge < -0.3 is 28.8 Å². The first-order valence-corrected chi connectivity index (χ1v) is 30.3. The molecule has 0 aromatic carbocycles. The smallest absolute Gasteiger partial charge is 0.268 e. The van der Waals surface area contributed by atoms with Crippen LogP contribution in [0, 0.1) is 0 Å². The van der Waals surface area contributed by atoms with Crippen LogP contribution >= 0.6 is 7.82 Å². The Labute approximate surface area is 417 Å². The van der Waals surface area contributed by atoms with Crippen LogP contribution in [0.3, 0.4) is 0 Å². The Hall–Kier alpha value is -1.28. The lowest BCUT2D eigenvalue weighted by Gasteiger charge is -2.29.